The van der Waals surface area contributed by atoms with Crippen molar-refractivity contribution >= 4 is 11.5 Å². The smallest absolute Gasteiger partial charge is 0.328 e. The Labute approximate surface area is 129 Å². The van der Waals surface area contributed by atoms with Gasteiger partial charge in [0.1, 0.15) is 11.6 Å². The highest BCUT2D eigenvalue weighted by Gasteiger charge is 2.23. The number of rotatable bonds is 3. The van der Waals surface area contributed by atoms with E-state index in [1.54, 1.807) is 25.1 Å². The average Bonchev–Trinajstić information content (AvgIpc) is 2.53. The van der Waals surface area contributed by atoms with Crippen LogP contribution in [0.1, 0.15) is 26.3 Å². The van der Waals surface area contributed by atoms with Gasteiger partial charge in [-0.3, -0.25) is 0 Å². The van der Waals surface area contributed by atoms with Crippen LogP contribution < -0.4 is 4.74 Å². The molecule has 0 spiro atoms. The number of hydrogen-bond donors (Lipinski definition) is 1. The fourth-order valence-electron chi connectivity index (χ4n) is 2.26. The number of ether oxygens (including phenoxy) is 1. The molecule has 0 saturated heterocycles. The summed E-state index contributed by atoms with van der Waals surface area (Å²) in [4.78, 5) is 10.7. The predicted molar refractivity (Wildman–Crippen MR) is 84.2 cm³/mol. The van der Waals surface area contributed by atoms with Crippen molar-refractivity contribution in [1.29, 1.82) is 0 Å². The van der Waals surface area contributed by atoms with Gasteiger partial charge in [-0.05, 0) is 36.3 Å². The summed E-state index contributed by atoms with van der Waals surface area (Å²) in [6, 6.07) is 4.42. The van der Waals surface area contributed by atoms with E-state index >= 15 is 0 Å². The van der Waals surface area contributed by atoms with Gasteiger partial charge in [-0.25, -0.2) is 9.18 Å². The van der Waals surface area contributed by atoms with Crippen molar-refractivity contribution in [1.82, 2.24) is 0 Å². The number of carboxylic acid groups (broad SMARTS) is 1. The Bertz CT molecular complexity index is 682. The number of benzene rings is 1. The normalized spacial score (nSPS) is 17.5. The van der Waals surface area contributed by atoms with Gasteiger partial charge >= 0.3 is 5.97 Å². The Morgan fingerprint density at radius 3 is 2.82 bits per heavy atom. The first-order valence-corrected chi connectivity index (χ1v) is 7.02. The molecule has 1 heterocycles. The van der Waals surface area contributed by atoms with Crippen molar-refractivity contribution in [3.05, 3.63) is 59.5 Å². The molecule has 0 aliphatic carbocycles. The number of aliphatic carboxylic acids is 1. The minimum atomic E-state index is -0.993. The zero-order chi connectivity index (χ0) is 16.3. The highest BCUT2D eigenvalue weighted by atomic mass is 19.1. The lowest BCUT2D eigenvalue weighted by Crippen LogP contribution is -2.17. The lowest BCUT2D eigenvalue weighted by Gasteiger charge is -2.18. The number of halogens is 1. The lowest BCUT2D eigenvalue weighted by molar-refractivity contribution is -0.131. The maximum absolute atomic E-state index is 13.6. The Balaban J connectivity index is 2.46. The molecule has 0 saturated carbocycles. The molecule has 1 aromatic rings. The Kier molecular flexibility index (Phi) is 4.50. The highest BCUT2D eigenvalue weighted by Crippen LogP contribution is 2.36. The third-order valence-electron chi connectivity index (χ3n) is 3.28. The van der Waals surface area contributed by atoms with Crippen LogP contribution in [0.15, 0.2) is 48.1 Å². The van der Waals surface area contributed by atoms with E-state index in [1.807, 2.05) is 19.9 Å². The number of hydrogen-bond acceptors (Lipinski definition) is 2. The van der Waals surface area contributed by atoms with Gasteiger partial charge in [0.25, 0.3) is 0 Å². The molecule has 1 aliphatic heterocycles. The molecule has 0 bridgehead atoms. The number of fused-ring (bicyclic) bond motifs is 1. The molecule has 0 amide bonds. The summed E-state index contributed by atoms with van der Waals surface area (Å²) in [5.41, 5.74) is 1.88. The topological polar surface area (TPSA) is 46.5 Å². The van der Waals surface area contributed by atoms with Crippen LogP contribution in [0, 0.1) is 11.2 Å². The molecule has 0 aromatic heterocycles. The van der Waals surface area contributed by atoms with E-state index in [1.165, 1.54) is 12.1 Å². The summed E-state index contributed by atoms with van der Waals surface area (Å²) in [6.07, 6.45) is 6.64. The maximum Gasteiger partial charge on any atom is 0.328 e. The standard InChI is InChI=1S/C18H19FO3/c1-12(8-17(20)21)4-5-13-10-18(2,3)11-22-16-7-6-14(19)9-15(13)16/h4-10H,11H2,1-3H3,(H,20,21)/b5-4+,12-8+. The van der Waals surface area contributed by atoms with E-state index in [-0.39, 0.29) is 11.2 Å². The molecule has 0 unspecified atom stereocenters. The summed E-state index contributed by atoms with van der Waals surface area (Å²) in [6.45, 7) is 6.26. The Morgan fingerprint density at radius 1 is 1.41 bits per heavy atom. The molecule has 116 valence electrons. The molecule has 4 heteroatoms. The fraction of sp³-hybridized carbons (Fsp3) is 0.278. The van der Waals surface area contributed by atoms with Crippen molar-refractivity contribution in [2.75, 3.05) is 6.61 Å². The fourth-order valence-corrected chi connectivity index (χ4v) is 2.26. The number of carbonyl (C=O) groups is 1. The van der Waals surface area contributed by atoms with Gasteiger partial charge in [0.05, 0.1) is 6.61 Å². The largest absolute Gasteiger partial charge is 0.492 e. The third-order valence-corrected chi connectivity index (χ3v) is 3.28. The van der Waals surface area contributed by atoms with Gasteiger partial charge in [-0.1, -0.05) is 32.1 Å². The van der Waals surface area contributed by atoms with Gasteiger partial charge < -0.3 is 9.84 Å². The average molecular weight is 302 g/mol. The number of allylic oxidation sites excluding steroid dienone is 4. The first-order chi connectivity index (χ1) is 10.3. The second kappa shape index (κ2) is 6.18. The van der Waals surface area contributed by atoms with Crippen molar-refractivity contribution in [2.45, 2.75) is 20.8 Å². The van der Waals surface area contributed by atoms with Crippen LogP contribution in [0.4, 0.5) is 4.39 Å². The molecule has 3 nitrogen and oxygen atoms in total. The van der Waals surface area contributed by atoms with Crippen molar-refractivity contribution in [2.24, 2.45) is 5.41 Å². The molecule has 22 heavy (non-hydrogen) atoms. The zero-order valence-corrected chi connectivity index (χ0v) is 12.9. The summed E-state index contributed by atoms with van der Waals surface area (Å²) >= 11 is 0. The Morgan fingerprint density at radius 2 is 2.14 bits per heavy atom. The molecule has 1 aliphatic rings. The first kappa shape index (κ1) is 16.0. The first-order valence-electron chi connectivity index (χ1n) is 7.02. The zero-order valence-electron chi connectivity index (χ0n) is 12.9. The SMILES string of the molecule is CC(/C=C/C1=CC(C)(C)COc2ccc(F)cc21)=C\C(=O)O. The van der Waals surface area contributed by atoms with E-state index in [2.05, 4.69) is 0 Å². The molecule has 0 radical (unpaired) electrons. The van der Waals surface area contributed by atoms with Crippen LogP contribution in [-0.2, 0) is 4.79 Å². The molecular formula is C18H19FO3. The van der Waals surface area contributed by atoms with Crippen LogP contribution in [0.25, 0.3) is 5.57 Å². The van der Waals surface area contributed by atoms with Crippen LogP contribution in [0.5, 0.6) is 5.75 Å². The minimum absolute atomic E-state index is 0.209. The van der Waals surface area contributed by atoms with Crippen LogP contribution in [-0.4, -0.2) is 17.7 Å². The van der Waals surface area contributed by atoms with E-state index in [4.69, 9.17) is 9.84 Å². The van der Waals surface area contributed by atoms with E-state index in [0.717, 1.165) is 11.6 Å². The van der Waals surface area contributed by atoms with Gasteiger partial charge in [-0.15, -0.1) is 0 Å². The maximum atomic E-state index is 13.6. The van der Waals surface area contributed by atoms with Crippen LogP contribution in [0.2, 0.25) is 0 Å². The van der Waals surface area contributed by atoms with Crippen molar-refractivity contribution < 1.29 is 19.0 Å². The van der Waals surface area contributed by atoms with E-state index in [9.17, 15) is 9.18 Å². The molecule has 0 fully saturated rings. The third kappa shape index (κ3) is 4.07. The van der Waals surface area contributed by atoms with Gasteiger partial charge in [0, 0.05) is 17.1 Å². The van der Waals surface area contributed by atoms with Gasteiger partial charge in [-0.2, -0.15) is 0 Å². The second-order valence-electron chi connectivity index (χ2n) is 6.08. The van der Waals surface area contributed by atoms with Crippen molar-refractivity contribution in [3.8, 4) is 5.75 Å². The van der Waals surface area contributed by atoms with Gasteiger partial charge in [0.15, 0.2) is 0 Å². The van der Waals surface area contributed by atoms with Crippen molar-refractivity contribution in [3.63, 3.8) is 0 Å². The molecular weight excluding hydrogens is 283 g/mol. The van der Waals surface area contributed by atoms with Gasteiger partial charge in [0.2, 0.25) is 0 Å². The monoisotopic (exact) mass is 302 g/mol. The molecule has 2 rings (SSSR count). The number of carboxylic acids is 1. The Hall–Kier alpha value is -2.36. The predicted octanol–water partition coefficient (Wildman–Crippen LogP) is 4.21. The molecule has 0 atom stereocenters. The molecule has 1 aromatic carbocycles. The quantitative estimate of drug-likeness (QED) is 0.672. The minimum Gasteiger partial charge on any atom is -0.492 e. The summed E-state index contributed by atoms with van der Waals surface area (Å²) in [5.74, 6) is -0.700. The van der Waals surface area contributed by atoms with E-state index < -0.39 is 5.97 Å². The summed E-state index contributed by atoms with van der Waals surface area (Å²) < 4.78 is 19.3. The lowest BCUT2D eigenvalue weighted by atomic mass is 9.90. The summed E-state index contributed by atoms with van der Waals surface area (Å²) in [7, 11) is 0. The van der Waals surface area contributed by atoms with Crippen LogP contribution in [0.3, 0.4) is 0 Å². The second-order valence-corrected chi connectivity index (χ2v) is 6.08. The molecule has 1 N–H and O–H groups in total. The van der Waals surface area contributed by atoms with Crippen LogP contribution >= 0.6 is 0 Å². The summed E-state index contributed by atoms with van der Waals surface area (Å²) in [5, 5.41) is 8.75. The van der Waals surface area contributed by atoms with E-state index in [0.29, 0.717) is 23.5 Å². The highest BCUT2D eigenvalue weighted by molar-refractivity contribution is 5.82.